The molecule has 0 aromatic rings. The molecule has 0 aromatic heterocycles. The highest BCUT2D eigenvalue weighted by Gasteiger charge is 2.33. The lowest BCUT2D eigenvalue weighted by Crippen LogP contribution is -2.57. The molecule has 2 aliphatic heterocycles. The van der Waals surface area contributed by atoms with E-state index in [4.69, 9.17) is 4.84 Å². The van der Waals surface area contributed by atoms with Crippen LogP contribution in [0.4, 0.5) is 0 Å². The van der Waals surface area contributed by atoms with E-state index >= 15 is 0 Å². The Morgan fingerprint density at radius 2 is 2.20 bits per heavy atom. The van der Waals surface area contributed by atoms with Gasteiger partial charge in [-0.25, -0.2) is 5.06 Å². The average molecular weight is 283 g/mol. The van der Waals surface area contributed by atoms with Crippen molar-refractivity contribution in [2.45, 2.75) is 39.2 Å². The molecule has 6 heteroatoms. The molecule has 0 aliphatic carbocycles. The smallest absolute Gasteiger partial charge is 0.248 e. The summed E-state index contributed by atoms with van der Waals surface area (Å²) in [6, 6.07) is -0.357. The Morgan fingerprint density at radius 1 is 1.40 bits per heavy atom. The van der Waals surface area contributed by atoms with Gasteiger partial charge in [0.1, 0.15) is 0 Å². The molecule has 0 bridgehead atoms. The highest BCUT2D eigenvalue weighted by molar-refractivity contribution is 5.88. The number of carbonyl (C=O) groups is 2. The van der Waals surface area contributed by atoms with Crippen LogP contribution in [-0.4, -0.2) is 60.6 Å². The minimum Gasteiger partial charge on any atom is -0.353 e. The van der Waals surface area contributed by atoms with Gasteiger partial charge in [-0.05, 0) is 18.8 Å². The van der Waals surface area contributed by atoms with Crippen molar-refractivity contribution in [2.24, 2.45) is 5.92 Å². The third-order valence-electron chi connectivity index (χ3n) is 3.69. The number of carbonyl (C=O) groups excluding carboxylic acids is 2. The molecule has 0 spiro atoms. The maximum Gasteiger partial charge on any atom is 0.248 e. The summed E-state index contributed by atoms with van der Waals surface area (Å²) >= 11 is 0. The van der Waals surface area contributed by atoms with Crippen molar-refractivity contribution in [3.63, 3.8) is 0 Å². The lowest BCUT2D eigenvalue weighted by molar-refractivity contribution is -0.198. The summed E-state index contributed by atoms with van der Waals surface area (Å²) in [6.07, 6.45) is 2.17. The van der Waals surface area contributed by atoms with Gasteiger partial charge >= 0.3 is 0 Å². The van der Waals surface area contributed by atoms with Crippen molar-refractivity contribution >= 4 is 11.8 Å². The zero-order valence-electron chi connectivity index (χ0n) is 12.4. The zero-order valence-corrected chi connectivity index (χ0v) is 12.4. The fourth-order valence-electron chi connectivity index (χ4n) is 2.73. The van der Waals surface area contributed by atoms with E-state index in [1.807, 2.05) is 0 Å². The molecular formula is C14H25N3O3. The number of rotatable bonds is 4. The normalized spacial score (nSPS) is 24.9. The summed E-state index contributed by atoms with van der Waals surface area (Å²) in [4.78, 5) is 31.8. The molecule has 6 nitrogen and oxygen atoms in total. The summed E-state index contributed by atoms with van der Waals surface area (Å²) in [6.45, 7) is 7.79. The van der Waals surface area contributed by atoms with Crippen molar-refractivity contribution in [1.29, 1.82) is 0 Å². The Hall–Kier alpha value is -1.14. The maximum absolute atomic E-state index is 12.2. The molecule has 2 amide bonds. The fraction of sp³-hybridized carbons (Fsp3) is 0.857. The van der Waals surface area contributed by atoms with Crippen LogP contribution >= 0.6 is 0 Å². The van der Waals surface area contributed by atoms with Crippen molar-refractivity contribution in [1.82, 2.24) is 15.3 Å². The van der Waals surface area contributed by atoms with Crippen LogP contribution in [0, 0.1) is 5.92 Å². The quantitative estimate of drug-likeness (QED) is 0.810. The Morgan fingerprint density at radius 3 is 2.85 bits per heavy atom. The van der Waals surface area contributed by atoms with Gasteiger partial charge in [0.2, 0.25) is 11.8 Å². The number of nitrogens with zero attached hydrogens (tertiary/aromatic N) is 2. The fourth-order valence-corrected chi connectivity index (χ4v) is 2.73. The van der Waals surface area contributed by atoms with Gasteiger partial charge in [-0.3, -0.25) is 19.3 Å². The van der Waals surface area contributed by atoms with Crippen LogP contribution in [0.25, 0.3) is 0 Å². The maximum atomic E-state index is 12.2. The van der Waals surface area contributed by atoms with E-state index in [9.17, 15) is 9.59 Å². The Kier molecular flexibility index (Phi) is 5.37. The molecule has 2 saturated heterocycles. The molecular weight excluding hydrogens is 258 g/mol. The van der Waals surface area contributed by atoms with Gasteiger partial charge < -0.3 is 5.32 Å². The summed E-state index contributed by atoms with van der Waals surface area (Å²) in [5.41, 5.74) is 0. The molecule has 0 aromatic carbocycles. The largest absolute Gasteiger partial charge is 0.353 e. The molecule has 1 atom stereocenters. The molecule has 1 unspecified atom stereocenters. The molecule has 0 radical (unpaired) electrons. The summed E-state index contributed by atoms with van der Waals surface area (Å²) in [7, 11) is 0. The molecule has 2 heterocycles. The molecule has 20 heavy (non-hydrogen) atoms. The standard InChI is InChI=1S/C14H25N3O3/c1-11(2)10-16-7-5-15-14(19)12(16)9-13(18)17-6-3-4-8-20-17/h11-12H,3-10H2,1-2H3,(H,15,19). The predicted molar refractivity (Wildman–Crippen MR) is 74.7 cm³/mol. The minimum atomic E-state index is -0.357. The lowest BCUT2D eigenvalue weighted by Gasteiger charge is -2.36. The first-order valence-corrected chi connectivity index (χ1v) is 7.53. The second kappa shape index (κ2) is 7.04. The minimum absolute atomic E-state index is 0.0396. The van der Waals surface area contributed by atoms with E-state index in [1.165, 1.54) is 5.06 Å². The SMILES string of the molecule is CC(C)CN1CCNC(=O)C1CC(=O)N1CCCCO1. The van der Waals surface area contributed by atoms with E-state index in [2.05, 4.69) is 24.1 Å². The first kappa shape index (κ1) is 15.3. The average Bonchev–Trinajstić information content (AvgIpc) is 2.43. The first-order chi connectivity index (χ1) is 9.58. The van der Waals surface area contributed by atoms with Crippen LogP contribution in [0.1, 0.15) is 33.1 Å². The number of hydrogen-bond donors (Lipinski definition) is 1. The van der Waals surface area contributed by atoms with Crippen LogP contribution in [0.2, 0.25) is 0 Å². The molecule has 2 fully saturated rings. The van der Waals surface area contributed by atoms with Crippen molar-refractivity contribution < 1.29 is 14.4 Å². The van der Waals surface area contributed by atoms with Gasteiger partial charge in [0, 0.05) is 26.2 Å². The van der Waals surface area contributed by atoms with Gasteiger partial charge in [-0.1, -0.05) is 13.8 Å². The third kappa shape index (κ3) is 3.93. The highest BCUT2D eigenvalue weighted by Crippen LogP contribution is 2.15. The van der Waals surface area contributed by atoms with Crippen LogP contribution in [0.15, 0.2) is 0 Å². The Labute approximate surface area is 120 Å². The second-order valence-electron chi connectivity index (χ2n) is 5.94. The van der Waals surface area contributed by atoms with Gasteiger partial charge in [0.25, 0.3) is 0 Å². The van der Waals surface area contributed by atoms with Gasteiger partial charge in [-0.15, -0.1) is 0 Å². The van der Waals surface area contributed by atoms with Crippen LogP contribution in [0.3, 0.4) is 0 Å². The van der Waals surface area contributed by atoms with Crippen LogP contribution < -0.4 is 5.32 Å². The highest BCUT2D eigenvalue weighted by atomic mass is 16.7. The van der Waals surface area contributed by atoms with Crippen molar-refractivity contribution in [3.8, 4) is 0 Å². The Bertz CT molecular complexity index is 354. The molecule has 0 saturated carbocycles. The number of piperazine rings is 1. The van der Waals surface area contributed by atoms with E-state index < -0.39 is 0 Å². The summed E-state index contributed by atoms with van der Waals surface area (Å²) in [5, 5.41) is 4.28. The van der Waals surface area contributed by atoms with Gasteiger partial charge in [0.15, 0.2) is 0 Å². The lowest BCUT2D eigenvalue weighted by atomic mass is 10.1. The summed E-state index contributed by atoms with van der Waals surface area (Å²) < 4.78 is 0. The Balaban J connectivity index is 1.95. The second-order valence-corrected chi connectivity index (χ2v) is 5.94. The van der Waals surface area contributed by atoms with E-state index in [0.29, 0.717) is 25.6 Å². The number of amides is 2. The van der Waals surface area contributed by atoms with Crippen LogP contribution in [-0.2, 0) is 14.4 Å². The summed E-state index contributed by atoms with van der Waals surface area (Å²) in [5.74, 6) is 0.354. The number of hydrogen-bond acceptors (Lipinski definition) is 4. The zero-order chi connectivity index (χ0) is 14.5. The van der Waals surface area contributed by atoms with Gasteiger partial charge in [-0.2, -0.15) is 0 Å². The molecule has 114 valence electrons. The van der Waals surface area contributed by atoms with E-state index in [0.717, 1.165) is 25.9 Å². The van der Waals surface area contributed by atoms with E-state index in [-0.39, 0.29) is 24.3 Å². The molecule has 2 rings (SSSR count). The first-order valence-electron chi connectivity index (χ1n) is 7.53. The predicted octanol–water partition coefficient (Wildman–Crippen LogP) is 0.387. The van der Waals surface area contributed by atoms with Crippen molar-refractivity contribution in [3.05, 3.63) is 0 Å². The third-order valence-corrected chi connectivity index (χ3v) is 3.69. The van der Waals surface area contributed by atoms with Crippen LogP contribution in [0.5, 0.6) is 0 Å². The number of hydroxylamine groups is 2. The topological polar surface area (TPSA) is 61.9 Å². The molecule has 1 N–H and O–H groups in total. The molecule has 2 aliphatic rings. The monoisotopic (exact) mass is 283 g/mol. The van der Waals surface area contributed by atoms with E-state index in [1.54, 1.807) is 0 Å². The van der Waals surface area contributed by atoms with Gasteiger partial charge in [0.05, 0.1) is 19.1 Å². The van der Waals surface area contributed by atoms with Crippen molar-refractivity contribution in [2.75, 3.05) is 32.8 Å². The number of nitrogens with one attached hydrogen (secondary N) is 1.